The van der Waals surface area contributed by atoms with E-state index in [9.17, 15) is 19.1 Å². The molecule has 2 N–H and O–H groups in total. The van der Waals surface area contributed by atoms with Gasteiger partial charge in [0.05, 0.1) is 30.5 Å². The van der Waals surface area contributed by atoms with E-state index in [-0.39, 0.29) is 18.0 Å². The number of halogens is 1. The molecule has 0 radical (unpaired) electrons. The minimum atomic E-state index is -1.00. The maximum absolute atomic E-state index is 13.8. The van der Waals surface area contributed by atoms with Crippen LogP contribution in [-0.4, -0.2) is 39.9 Å². The first-order chi connectivity index (χ1) is 19.2. The fraction of sp³-hybridized carbons (Fsp3) is 0.258. The second kappa shape index (κ2) is 12.9. The Bertz CT molecular complexity index is 1450. The average molecular weight is 546 g/mol. The quantitative estimate of drug-likeness (QED) is 0.230. The van der Waals surface area contributed by atoms with E-state index in [1.54, 1.807) is 36.4 Å². The number of rotatable bonds is 12. The number of carbonyl (C=O) groups is 2. The molecule has 0 bridgehead atoms. The molecule has 1 atom stereocenters. The van der Waals surface area contributed by atoms with Crippen LogP contribution < -0.4 is 14.8 Å². The summed E-state index contributed by atoms with van der Waals surface area (Å²) in [7, 11) is 1.54. The molecule has 0 saturated heterocycles. The highest BCUT2D eigenvalue weighted by atomic mass is 19.1. The number of carboxylic acids is 1. The number of carbonyl (C=O) groups excluding carboxylic acids is 1. The number of aromatic nitrogens is 2. The fourth-order valence-electron chi connectivity index (χ4n) is 4.47. The van der Waals surface area contributed by atoms with Gasteiger partial charge in [0.15, 0.2) is 5.69 Å². The zero-order valence-corrected chi connectivity index (χ0v) is 22.6. The molecule has 0 aliphatic heterocycles. The van der Waals surface area contributed by atoms with E-state index < -0.39 is 23.7 Å². The monoisotopic (exact) mass is 545 g/mol. The molecule has 0 aliphatic rings. The normalized spacial score (nSPS) is 11.7. The first-order valence-corrected chi connectivity index (χ1v) is 13.0. The van der Waals surface area contributed by atoms with E-state index >= 15 is 0 Å². The molecule has 4 rings (SSSR count). The highest BCUT2D eigenvalue weighted by molar-refractivity contribution is 5.94. The van der Waals surface area contributed by atoms with Gasteiger partial charge in [-0.2, -0.15) is 5.10 Å². The lowest BCUT2D eigenvalue weighted by molar-refractivity contribution is -0.137. The molecule has 0 fully saturated rings. The van der Waals surface area contributed by atoms with Crippen LogP contribution in [0.1, 0.15) is 42.7 Å². The third kappa shape index (κ3) is 7.05. The minimum absolute atomic E-state index is 0.0679. The number of benzene rings is 3. The van der Waals surface area contributed by atoms with Crippen molar-refractivity contribution in [3.63, 3.8) is 0 Å². The van der Waals surface area contributed by atoms with Gasteiger partial charge in [0.25, 0.3) is 5.91 Å². The number of aliphatic carboxylic acids is 1. The lowest BCUT2D eigenvalue weighted by Crippen LogP contribution is -2.37. The second-order valence-electron chi connectivity index (χ2n) is 9.81. The van der Waals surface area contributed by atoms with Crippen molar-refractivity contribution in [1.29, 1.82) is 0 Å². The van der Waals surface area contributed by atoms with Crippen LogP contribution in [0.4, 0.5) is 4.39 Å². The Kier molecular flexibility index (Phi) is 9.16. The highest BCUT2D eigenvalue weighted by Crippen LogP contribution is 2.40. The molecule has 0 aliphatic carbocycles. The summed E-state index contributed by atoms with van der Waals surface area (Å²) in [4.78, 5) is 24.8. The largest absolute Gasteiger partial charge is 0.496 e. The maximum atomic E-state index is 13.8. The molecular formula is C31H32FN3O5. The molecule has 0 unspecified atom stereocenters. The Morgan fingerprint density at radius 3 is 2.35 bits per heavy atom. The van der Waals surface area contributed by atoms with Crippen molar-refractivity contribution in [3.05, 3.63) is 95.9 Å². The highest BCUT2D eigenvalue weighted by Gasteiger charge is 2.25. The molecule has 8 nitrogen and oxygen atoms in total. The van der Waals surface area contributed by atoms with Gasteiger partial charge in [0, 0.05) is 6.04 Å². The van der Waals surface area contributed by atoms with E-state index in [1.807, 2.05) is 44.2 Å². The molecular weight excluding hydrogens is 513 g/mol. The van der Waals surface area contributed by atoms with E-state index in [4.69, 9.17) is 9.47 Å². The van der Waals surface area contributed by atoms with Crippen LogP contribution in [0.3, 0.4) is 0 Å². The summed E-state index contributed by atoms with van der Waals surface area (Å²) in [5.74, 6) is -0.764. The van der Waals surface area contributed by atoms with E-state index in [0.717, 1.165) is 5.56 Å². The van der Waals surface area contributed by atoms with Crippen LogP contribution in [0, 0.1) is 11.7 Å². The molecule has 0 spiro atoms. The zero-order chi connectivity index (χ0) is 28.6. The first kappa shape index (κ1) is 28.4. The topological polar surface area (TPSA) is 103 Å². The Hall–Kier alpha value is -4.66. The van der Waals surface area contributed by atoms with Crippen molar-refractivity contribution in [2.45, 2.75) is 39.3 Å². The fourth-order valence-corrected chi connectivity index (χ4v) is 4.47. The van der Waals surface area contributed by atoms with Crippen molar-refractivity contribution in [2.24, 2.45) is 5.92 Å². The van der Waals surface area contributed by atoms with E-state index in [2.05, 4.69) is 10.4 Å². The number of nitrogens with zero attached hydrogens (tertiary/aromatic N) is 2. The van der Waals surface area contributed by atoms with Crippen LogP contribution in [0.25, 0.3) is 16.9 Å². The van der Waals surface area contributed by atoms with E-state index in [0.29, 0.717) is 41.5 Å². The third-order valence-electron chi connectivity index (χ3n) is 6.23. The van der Waals surface area contributed by atoms with Gasteiger partial charge in [-0.3, -0.25) is 9.59 Å². The molecule has 1 amide bonds. The summed E-state index contributed by atoms with van der Waals surface area (Å²) in [5, 5.41) is 16.7. The lowest BCUT2D eigenvalue weighted by Gasteiger charge is -2.18. The van der Waals surface area contributed by atoms with Gasteiger partial charge in [-0.15, -0.1) is 0 Å². The molecule has 9 heteroatoms. The first-order valence-electron chi connectivity index (χ1n) is 13.0. The summed E-state index contributed by atoms with van der Waals surface area (Å²) in [6.07, 6.45) is 0.285. The van der Waals surface area contributed by atoms with Crippen molar-refractivity contribution in [3.8, 4) is 28.4 Å². The number of ether oxygens (including phenoxy) is 2. The van der Waals surface area contributed by atoms with Crippen molar-refractivity contribution >= 4 is 11.9 Å². The Morgan fingerprint density at radius 2 is 1.70 bits per heavy atom. The molecule has 3 aromatic carbocycles. The number of carboxylic acid groups (broad SMARTS) is 1. The summed E-state index contributed by atoms with van der Waals surface area (Å²) >= 11 is 0. The smallest absolute Gasteiger partial charge is 0.305 e. The number of amides is 1. The summed E-state index contributed by atoms with van der Waals surface area (Å²) in [6, 6.07) is 21.8. The molecule has 4 aromatic rings. The second-order valence-corrected chi connectivity index (χ2v) is 9.81. The number of hydrogen-bond acceptors (Lipinski definition) is 5. The van der Waals surface area contributed by atoms with Gasteiger partial charge in [-0.25, -0.2) is 9.07 Å². The number of hydrogen-bond donors (Lipinski definition) is 2. The van der Waals surface area contributed by atoms with Crippen molar-refractivity contribution in [1.82, 2.24) is 15.1 Å². The SMILES string of the molecule is COc1cccc(OCc2ccccc2)c1-c1cc(C(=O)N[C@H](CC(=O)O)CC(C)C)nn1-c1ccc(F)cc1. The van der Waals surface area contributed by atoms with Crippen LogP contribution >= 0.6 is 0 Å². The predicted molar refractivity (Wildman–Crippen MR) is 149 cm³/mol. The Balaban J connectivity index is 1.78. The van der Waals surface area contributed by atoms with Crippen LogP contribution in [0.2, 0.25) is 0 Å². The lowest BCUT2D eigenvalue weighted by atomic mass is 10.0. The maximum Gasteiger partial charge on any atom is 0.305 e. The van der Waals surface area contributed by atoms with Gasteiger partial charge in [-0.05, 0) is 60.4 Å². The van der Waals surface area contributed by atoms with Crippen LogP contribution in [0.15, 0.2) is 78.9 Å². The minimum Gasteiger partial charge on any atom is -0.496 e. The van der Waals surface area contributed by atoms with Gasteiger partial charge in [0.1, 0.15) is 23.9 Å². The molecule has 208 valence electrons. The molecule has 0 saturated carbocycles. The average Bonchev–Trinajstić information content (AvgIpc) is 3.37. The predicted octanol–water partition coefficient (Wildman–Crippen LogP) is 5.89. The Morgan fingerprint density at radius 1 is 1.00 bits per heavy atom. The number of nitrogens with one attached hydrogen (secondary N) is 1. The molecule has 40 heavy (non-hydrogen) atoms. The van der Waals surface area contributed by atoms with E-state index in [1.165, 1.54) is 23.9 Å². The summed E-state index contributed by atoms with van der Waals surface area (Å²) in [6.45, 7) is 4.22. The molecule has 1 aromatic heterocycles. The van der Waals surface area contributed by atoms with Gasteiger partial charge in [0.2, 0.25) is 0 Å². The van der Waals surface area contributed by atoms with Crippen LogP contribution in [-0.2, 0) is 11.4 Å². The zero-order valence-electron chi connectivity index (χ0n) is 22.6. The molecule has 1 heterocycles. The van der Waals surface area contributed by atoms with Crippen molar-refractivity contribution < 1.29 is 28.6 Å². The van der Waals surface area contributed by atoms with Crippen molar-refractivity contribution in [2.75, 3.05) is 7.11 Å². The summed E-state index contributed by atoms with van der Waals surface area (Å²) < 4.78 is 27.2. The van der Waals surface area contributed by atoms with Crippen LogP contribution in [0.5, 0.6) is 11.5 Å². The van der Waals surface area contributed by atoms with Gasteiger partial charge < -0.3 is 19.9 Å². The standard InChI is InChI=1S/C31H32FN3O5/c1-20(2)16-23(17-29(36)37)33-31(38)25-18-26(35(34-25)24-14-12-22(32)13-15-24)30-27(39-3)10-7-11-28(30)40-19-21-8-5-4-6-9-21/h4-15,18,20,23H,16-17,19H2,1-3H3,(H,33,38)(H,36,37)/t23-/m0/s1. The Labute approximate surface area is 232 Å². The summed E-state index contributed by atoms with van der Waals surface area (Å²) in [5.41, 5.74) is 2.59. The van der Waals surface area contributed by atoms with Gasteiger partial charge in [-0.1, -0.05) is 50.2 Å². The van der Waals surface area contributed by atoms with Gasteiger partial charge >= 0.3 is 5.97 Å². The number of methoxy groups -OCH3 is 1. The third-order valence-corrected chi connectivity index (χ3v) is 6.23.